The summed E-state index contributed by atoms with van der Waals surface area (Å²) in [6.45, 7) is 0. The molecule has 1 aliphatic carbocycles. The minimum Gasteiger partial charge on any atom is -0.507 e. The third-order valence-corrected chi connectivity index (χ3v) is 4.61. The molecule has 140 valence electrons. The third-order valence-electron chi connectivity index (χ3n) is 4.61. The molecule has 1 aliphatic rings. The second kappa shape index (κ2) is 7.30. The lowest BCUT2D eigenvalue weighted by atomic mass is 9.96. The van der Waals surface area contributed by atoms with Crippen LogP contribution in [-0.4, -0.2) is 37.4 Å². The normalized spacial score (nSPS) is 19.8. The van der Waals surface area contributed by atoms with E-state index >= 15 is 0 Å². The van der Waals surface area contributed by atoms with Crippen molar-refractivity contribution in [3.05, 3.63) is 48.5 Å². The molecule has 2 aromatic heterocycles. The first-order valence-electron chi connectivity index (χ1n) is 8.79. The van der Waals surface area contributed by atoms with Crippen molar-refractivity contribution < 1.29 is 18.6 Å². The summed E-state index contributed by atoms with van der Waals surface area (Å²) in [5.41, 5.74) is 1.42. The van der Waals surface area contributed by atoms with Crippen LogP contribution in [0, 0.1) is 5.95 Å². The summed E-state index contributed by atoms with van der Waals surface area (Å²) >= 11 is 0. The SMILES string of the molecule is Oc1cc(-n2ccc(F)n2)ccc1-c1ccc(O[C@@H]2CCCC[C@@H]2F)nn1. The minimum absolute atomic E-state index is 0.0394. The topological polar surface area (TPSA) is 73.1 Å². The molecule has 4 rings (SSSR count). The van der Waals surface area contributed by atoms with Crippen molar-refractivity contribution in [3.63, 3.8) is 0 Å². The van der Waals surface area contributed by atoms with Crippen LogP contribution < -0.4 is 4.74 Å². The molecule has 3 aromatic rings. The van der Waals surface area contributed by atoms with E-state index in [2.05, 4.69) is 15.3 Å². The second-order valence-corrected chi connectivity index (χ2v) is 6.50. The van der Waals surface area contributed by atoms with E-state index in [-0.39, 0.29) is 11.6 Å². The average Bonchev–Trinajstić information content (AvgIpc) is 3.11. The lowest BCUT2D eigenvalue weighted by Crippen LogP contribution is -2.32. The van der Waals surface area contributed by atoms with Crippen molar-refractivity contribution >= 4 is 0 Å². The predicted molar refractivity (Wildman–Crippen MR) is 94.0 cm³/mol. The van der Waals surface area contributed by atoms with Gasteiger partial charge in [-0.3, -0.25) is 0 Å². The van der Waals surface area contributed by atoms with Crippen molar-refractivity contribution in [3.8, 4) is 28.6 Å². The summed E-state index contributed by atoms with van der Waals surface area (Å²) in [6, 6.07) is 9.28. The number of halogens is 2. The van der Waals surface area contributed by atoms with Gasteiger partial charge in [-0.2, -0.15) is 4.39 Å². The number of ether oxygens (including phenoxy) is 1. The molecular formula is C19H18F2N4O2. The monoisotopic (exact) mass is 372 g/mol. The number of alkyl halides is 1. The Kier molecular flexibility index (Phi) is 4.70. The Bertz CT molecular complexity index is 930. The van der Waals surface area contributed by atoms with Crippen molar-refractivity contribution in [2.24, 2.45) is 0 Å². The molecule has 8 heteroatoms. The predicted octanol–water partition coefficient (Wildman–Crippen LogP) is 3.83. The molecule has 0 amide bonds. The molecule has 27 heavy (non-hydrogen) atoms. The van der Waals surface area contributed by atoms with E-state index in [4.69, 9.17) is 4.74 Å². The molecule has 1 fully saturated rings. The number of nitrogens with zero attached hydrogens (tertiary/aromatic N) is 4. The molecule has 0 unspecified atom stereocenters. The summed E-state index contributed by atoms with van der Waals surface area (Å²) < 4.78 is 33.8. The Morgan fingerprint density at radius 3 is 2.59 bits per heavy atom. The van der Waals surface area contributed by atoms with Crippen LogP contribution in [0.3, 0.4) is 0 Å². The maximum absolute atomic E-state index is 13.9. The summed E-state index contributed by atoms with van der Waals surface area (Å²) in [5.74, 6) is -0.382. The molecule has 2 heterocycles. The molecule has 2 atom stereocenters. The van der Waals surface area contributed by atoms with Crippen LogP contribution in [0.1, 0.15) is 25.7 Å². The van der Waals surface area contributed by atoms with E-state index < -0.39 is 18.2 Å². The molecule has 0 saturated heterocycles. The summed E-state index contributed by atoms with van der Waals surface area (Å²) in [5, 5.41) is 22.0. The third kappa shape index (κ3) is 3.74. The fraction of sp³-hybridized carbons (Fsp3) is 0.316. The van der Waals surface area contributed by atoms with Gasteiger partial charge in [0.05, 0.1) is 11.4 Å². The van der Waals surface area contributed by atoms with E-state index in [0.717, 1.165) is 12.8 Å². The van der Waals surface area contributed by atoms with Crippen LogP contribution in [0.4, 0.5) is 8.78 Å². The Hall–Kier alpha value is -3.03. The lowest BCUT2D eigenvalue weighted by molar-refractivity contribution is 0.0594. The molecule has 6 nitrogen and oxygen atoms in total. The van der Waals surface area contributed by atoms with Gasteiger partial charge in [0.1, 0.15) is 18.0 Å². The smallest absolute Gasteiger partial charge is 0.233 e. The highest BCUT2D eigenvalue weighted by Gasteiger charge is 2.26. The number of aromatic hydroxyl groups is 1. The standard InChI is InChI=1S/C19H18F2N4O2/c20-14-3-1-2-4-17(14)27-19-8-7-15(22-23-19)13-6-5-12(11-16(13)26)25-10-9-18(21)24-25/h5-11,14,17,26H,1-4H2/t14-,17+/m0/s1. The quantitative estimate of drug-likeness (QED) is 0.753. The van der Waals surface area contributed by atoms with Gasteiger partial charge in [0.2, 0.25) is 11.8 Å². The number of rotatable bonds is 4. The number of phenolic OH excluding ortho intramolecular Hbond substituents is 1. The Morgan fingerprint density at radius 2 is 1.93 bits per heavy atom. The van der Waals surface area contributed by atoms with Gasteiger partial charge in [0, 0.05) is 30.0 Å². The molecule has 1 N–H and O–H groups in total. The van der Waals surface area contributed by atoms with Crippen LogP contribution in [0.25, 0.3) is 16.9 Å². The van der Waals surface area contributed by atoms with Crippen molar-refractivity contribution in [1.82, 2.24) is 20.0 Å². The summed E-state index contributed by atoms with van der Waals surface area (Å²) in [6.07, 6.45) is 2.99. The Morgan fingerprint density at radius 1 is 1.07 bits per heavy atom. The summed E-state index contributed by atoms with van der Waals surface area (Å²) in [4.78, 5) is 0. The zero-order valence-corrected chi connectivity index (χ0v) is 14.4. The number of hydrogen-bond donors (Lipinski definition) is 1. The first kappa shape index (κ1) is 17.4. The van der Waals surface area contributed by atoms with Crippen molar-refractivity contribution in [2.75, 3.05) is 0 Å². The molecule has 0 bridgehead atoms. The fourth-order valence-corrected chi connectivity index (χ4v) is 3.19. The molecule has 1 aromatic carbocycles. The molecule has 1 saturated carbocycles. The van der Waals surface area contributed by atoms with E-state index in [1.165, 1.54) is 23.0 Å². The highest BCUT2D eigenvalue weighted by molar-refractivity contribution is 5.68. The maximum atomic E-state index is 13.9. The van der Waals surface area contributed by atoms with E-state index in [1.54, 1.807) is 24.3 Å². The number of aromatic nitrogens is 4. The van der Waals surface area contributed by atoms with Gasteiger partial charge in [0.15, 0.2) is 0 Å². The van der Waals surface area contributed by atoms with Gasteiger partial charge in [-0.25, -0.2) is 9.07 Å². The van der Waals surface area contributed by atoms with E-state index in [1.807, 2.05) is 0 Å². The van der Waals surface area contributed by atoms with Crippen LogP contribution in [-0.2, 0) is 0 Å². The zero-order valence-electron chi connectivity index (χ0n) is 14.4. The van der Waals surface area contributed by atoms with Crippen LogP contribution in [0.5, 0.6) is 11.6 Å². The largest absolute Gasteiger partial charge is 0.507 e. The lowest BCUT2D eigenvalue weighted by Gasteiger charge is -2.25. The van der Waals surface area contributed by atoms with Gasteiger partial charge >= 0.3 is 0 Å². The first-order chi connectivity index (χ1) is 13.1. The number of phenols is 1. The van der Waals surface area contributed by atoms with Crippen LogP contribution in [0.2, 0.25) is 0 Å². The van der Waals surface area contributed by atoms with Crippen LogP contribution >= 0.6 is 0 Å². The van der Waals surface area contributed by atoms with Crippen molar-refractivity contribution in [2.45, 2.75) is 38.0 Å². The highest BCUT2D eigenvalue weighted by Crippen LogP contribution is 2.30. The van der Waals surface area contributed by atoms with Gasteiger partial charge < -0.3 is 9.84 Å². The average molecular weight is 372 g/mol. The second-order valence-electron chi connectivity index (χ2n) is 6.50. The van der Waals surface area contributed by atoms with Crippen LogP contribution in [0.15, 0.2) is 42.6 Å². The first-order valence-corrected chi connectivity index (χ1v) is 8.79. The maximum Gasteiger partial charge on any atom is 0.233 e. The van der Waals surface area contributed by atoms with Gasteiger partial charge in [-0.1, -0.05) is 6.42 Å². The molecule has 0 spiro atoms. The van der Waals surface area contributed by atoms with Gasteiger partial charge in [-0.05, 0) is 37.5 Å². The Labute approximate surface area is 154 Å². The molecular weight excluding hydrogens is 354 g/mol. The van der Waals surface area contributed by atoms with Gasteiger partial charge in [0.25, 0.3) is 0 Å². The molecule has 0 radical (unpaired) electrons. The molecule has 0 aliphatic heterocycles. The summed E-state index contributed by atoms with van der Waals surface area (Å²) in [7, 11) is 0. The van der Waals surface area contributed by atoms with E-state index in [9.17, 15) is 13.9 Å². The highest BCUT2D eigenvalue weighted by atomic mass is 19.1. The minimum atomic E-state index is -0.982. The number of benzene rings is 1. The fourth-order valence-electron chi connectivity index (χ4n) is 3.19. The Balaban J connectivity index is 1.51. The van der Waals surface area contributed by atoms with Gasteiger partial charge in [-0.15, -0.1) is 15.3 Å². The number of hydrogen-bond acceptors (Lipinski definition) is 5. The van der Waals surface area contributed by atoms with E-state index in [0.29, 0.717) is 29.8 Å². The zero-order chi connectivity index (χ0) is 18.8. The van der Waals surface area contributed by atoms with Crippen molar-refractivity contribution in [1.29, 1.82) is 0 Å².